The first-order valence-corrected chi connectivity index (χ1v) is 8.59. The SMILES string of the molecule is Cn1c([C@H](NC(=O)c2cc[n+]([O-])cc2)c2ccccc2)nc2ccccc21. The van der Waals surface area contributed by atoms with Gasteiger partial charge in [-0.1, -0.05) is 42.5 Å². The van der Waals surface area contributed by atoms with Crippen LogP contribution >= 0.6 is 0 Å². The Hall–Kier alpha value is -3.67. The Kier molecular flexibility index (Phi) is 4.30. The number of fused-ring (bicyclic) bond motifs is 1. The summed E-state index contributed by atoms with van der Waals surface area (Å²) in [6.45, 7) is 0. The highest BCUT2D eigenvalue weighted by atomic mass is 16.5. The second kappa shape index (κ2) is 6.92. The molecule has 2 aromatic carbocycles. The van der Waals surface area contributed by atoms with Crippen LogP contribution in [-0.4, -0.2) is 15.5 Å². The van der Waals surface area contributed by atoms with Crippen molar-refractivity contribution in [2.75, 3.05) is 0 Å². The number of carbonyl (C=O) groups is 1. The molecule has 27 heavy (non-hydrogen) atoms. The minimum Gasteiger partial charge on any atom is -0.619 e. The third kappa shape index (κ3) is 3.25. The number of rotatable bonds is 4. The van der Waals surface area contributed by atoms with Crippen molar-refractivity contribution in [1.82, 2.24) is 14.9 Å². The molecular formula is C21H18N4O2. The van der Waals surface area contributed by atoms with E-state index in [2.05, 4.69) is 5.32 Å². The highest BCUT2D eigenvalue weighted by Crippen LogP contribution is 2.25. The molecule has 4 aromatic rings. The molecule has 1 N–H and O–H groups in total. The number of carbonyl (C=O) groups excluding carboxylic acids is 1. The van der Waals surface area contributed by atoms with Gasteiger partial charge in [0, 0.05) is 19.2 Å². The van der Waals surface area contributed by atoms with E-state index in [1.165, 1.54) is 24.5 Å². The number of pyridine rings is 1. The van der Waals surface area contributed by atoms with Crippen LogP contribution in [0.25, 0.3) is 11.0 Å². The minimum atomic E-state index is -0.421. The lowest BCUT2D eigenvalue weighted by atomic mass is 10.1. The van der Waals surface area contributed by atoms with Crippen LogP contribution in [0.4, 0.5) is 0 Å². The van der Waals surface area contributed by atoms with Gasteiger partial charge < -0.3 is 15.1 Å². The molecule has 0 fully saturated rings. The Morgan fingerprint density at radius 3 is 2.41 bits per heavy atom. The van der Waals surface area contributed by atoms with Gasteiger partial charge >= 0.3 is 0 Å². The largest absolute Gasteiger partial charge is 0.619 e. The molecule has 0 aliphatic rings. The Morgan fingerprint density at radius 2 is 1.70 bits per heavy atom. The fourth-order valence-electron chi connectivity index (χ4n) is 3.14. The van der Waals surface area contributed by atoms with Gasteiger partial charge in [0.25, 0.3) is 5.91 Å². The molecule has 1 atom stereocenters. The molecule has 6 heteroatoms. The molecule has 0 saturated carbocycles. The summed E-state index contributed by atoms with van der Waals surface area (Å²) < 4.78 is 2.64. The van der Waals surface area contributed by atoms with Crippen LogP contribution < -0.4 is 10.0 Å². The van der Waals surface area contributed by atoms with Gasteiger partial charge in [0.2, 0.25) is 0 Å². The Morgan fingerprint density at radius 1 is 1.04 bits per heavy atom. The molecule has 0 aliphatic carbocycles. The van der Waals surface area contributed by atoms with Crippen LogP contribution in [0, 0.1) is 5.21 Å². The normalized spacial score (nSPS) is 12.0. The summed E-state index contributed by atoms with van der Waals surface area (Å²) in [6, 6.07) is 20.1. The van der Waals surface area contributed by atoms with Gasteiger partial charge in [-0.05, 0) is 17.7 Å². The van der Waals surface area contributed by atoms with Gasteiger partial charge in [-0.15, -0.1) is 0 Å². The molecule has 0 radical (unpaired) electrons. The van der Waals surface area contributed by atoms with Crippen molar-refractivity contribution >= 4 is 16.9 Å². The number of para-hydroxylation sites is 2. The zero-order valence-corrected chi connectivity index (χ0v) is 14.7. The van der Waals surface area contributed by atoms with Crippen molar-refractivity contribution in [3.8, 4) is 0 Å². The van der Waals surface area contributed by atoms with E-state index in [1.54, 1.807) is 0 Å². The van der Waals surface area contributed by atoms with Crippen molar-refractivity contribution in [3.63, 3.8) is 0 Å². The van der Waals surface area contributed by atoms with E-state index >= 15 is 0 Å². The molecular weight excluding hydrogens is 340 g/mol. The minimum absolute atomic E-state index is 0.267. The standard InChI is InChI=1S/C21H18N4O2/c1-24-18-10-6-5-9-17(18)22-20(24)19(15-7-3-2-4-8-15)23-21(26)16-11-13-25(27)14-12-16/h2-14,19H,1H3,(H,23,26)/t19-/m1/s1. The average Bonchev–Trinajstić information content (AvgIpc) is 3.04. The molecule has 0 bridgehead atoms. The number of benzene rings is 2. The summed E-state index contributed by atoms with van der Waals surface area (Å²) in [7, 11) is 1.94. The van der Waals surface area contributed by atoms with Gasteiger partial charge in [0.15, 0.2) is 12.4 Å². The van der Waals surface area contributed by atoms with E-state index in [0.717, 1.165) is 22.4 Å². The van der Waals surface area contributed by atoms with Gasteiger partial charge in [0.05, 0.1) is 16.6 Å². The number of nitrogens with one attached hydrogen (secondary N) is 1. The maximum absolute atomic E-state index is 12.8. The molecule has 134 valence electrons. The van der Waals surface area contributed by atoms with Crippen LogP contribution in [0.1, 0.15) is 27.8 Å². The summed E-state index contributed by atoms with van der Waals surface area (Å²) in [5.41, 5.74) is 3.22. The van der Waals surface area contributed by atoms with Crippen molar-refractivity contribution in [3.05, 3.63) is 101 Å². The second-order valence-electron chi connectivity index (χ2n) is 6.28. The lowest BCUT2D eigenvalue weighted by Gasteiger charge is -2.19. The van der Waals surface area contributed by atoms with Crippen molar-refractivity contribution < 1.29 is 9.52 Å². The van der Waals surface area contributed by atoms with Gasteiger partial charge in [-0.2, -0.15) is 4.73 Å². The first-order chi connectivity index (χ1) is 13.1. The predicted molar refractivity (Wildman–Crippen MR) is 102 cm³/mol. The van der Waals surface area contributed by atoms with Crippen molar-refractivity contribution in [2.24, 2.45) is 7.05 Å². The van der Waals surface area contributed by atoms with Crippen LogP contribution in [0.3, 0.4) is 0 Å². The lowest BCUT2D eigenvalue weighted by molar-refractivity contribution is -0.605. The number of imidazole rings is 1. The summed E-state index contributed by atoms with van der Waals surface area (Å²) in [6.07, 6.45) is 2.61. The average molecular weight is 358 g/mol. The topological polar surface area (TPSA) is 73.9 Å². The molecule has 2 aromatic heterocycles. The maximum atomic E-state index is 12.8. The van der Waals surface area contributed by atoms with E-state index in [1.807, 2.05) is 66.2 Å². The van der Waals surface area contributed by atoms with Gasteiger partial charge in [-0.25, -0.2) is 4.98 Å². The quantitative estimate of drug-likeness (QED) is 0.450. The number of aryl methyl sites for hydroxylation is 1. The first kappa shape index (κ1) is 16.8. The van der Waals surface area contributed by atoms with E-state index in [-0.39, 0.29) is 5.91 Å². The predicted octanol–water partition coefficient (Wildman–Crippen LogP) is 2.73. The van der Waals surface area contributed by atoms with Crippen LogP contribution in [0.2, 0.25) is 0 Å². The molecule has 4 rings (SSSR count). The number of aromatic nitrogens is 3. The zero-order valence-electron chi connectivity index (χ0n) is 14.7. The van der Waals surface area contributed by atoms with Gasteiger partial charge in [0.1, 0.15) is 11.9 Å². The molecule has 0 unspecified atom stereocenters. The third-order valence-electron chi connectivity index (χ3n) is 4.55. The Bertz CT molecular complexity index is 1090. The number of hydrogen-bond acceptors (Lipinski definition) is 3. The van der Waals surface area contributed by atoms with Crippen LogP contribution in [0.5, 0.6) is 0 Å². The summed E-state index contributed by atoms with van der Waals surface area (Å²) in [5, 5.41) is 14.3. The maximum Gasteiger partial charge on any atom is 0.252 e. The van der Waals surface area contributed by atoms with Crippen molar-refractivity contribution in [2.45, 2.75) is 6.04 Å². The second-order valence-corrected chi connectivity index (χ2v) is 6.28. The Labute approximate surface area is 156 Å². The fraction of sp³-hybridized carbons (Fsp3) is 0.0952. The highest BCUT2D eigenvalue weighted by Gasteiger charge is 2.23. The van der Waals surface area contributed by atoms with E-state index in [4.69, 9.17) is 4.98 Å². The molecule has 0 saturated heterocycles. The summed E-state index contributed by atoms with van der Waals surface area (Å²) >= 11 is 0. The van der Waals surface area contributed by atoms with Crippen LogP contribution in [-0.2, 0) is 7.05 Å². The first-order valence-electron chi connectivity index (χ1n) is 8.59. The van der Waals surface area contributed by atoms with E-state index < -0.39 is 6.04 Å². The molecule has 6 nitrogen and oxygen atoms in total. The van der Waals surface area contributed by atoms with Crippen molar-refractivity contribution in [1.29, 1.82) is 0 Å². The summed E-state index contributed by atoms with van der Waals surface area (Å²) in [4.78, 5) is 17.5. The number of nitrogens with zero attached hydrogens (tertiary/aromatic N) is 3. The number of hydrogen-bond donors (Lipinski definition) is 1. The summed E-state index contributed by atoms with van der Waals surface area (Å²) in [5.74, 6) is 0.474. The van der Waals surface area contributed by atoms with E-state index in [9.17, 15) is 10.0 Å². The molecule has 0 spiro atoms. The highest BCUT2D eigenvalue weighted by molar-refractivity contribution is 5.94. The fourth-order valence-corrected chi connectivity index (χ4v) is 3.14. The third-order valence-corrected chi connectivity index (χ3v) is 4.55. The molecule has 2 heterocycles. The van der Waals surface area contributed by atoms with Gasteiger partial charge in [-0.3, -0.25) is 4.79 Å². The Balaban J connectivity index is 1.76. The molecule has 0 aliphatic heterocycles. The molecule has 1 amide bonds. The lowest BCUT2D eigenvalue weighted by Crippen LogP contribution is -2.32. The van der Waals surface area contributed by atoms with Crippen LogP contribution in [0.15, 0.2) is 79.1 Å². The number of amides is 1. The monoisotopic (exact) mass is 358 g/mol. The van der Waals surface area contributed by atoms with E-state index in [0.29, 0.717) is 10.3 Å². The zero-order chi connectivity index (χ0) is 18.8. The smallest absolute Gasteiger partial charge is 0.252 e.